The average Bonchev–Trinajstić information content (AvgIpc) is 3.10. The summed E-state index contributed by atoms with van der Waals surface area (Å²) >= 11 is 0. The number of aliphatic hydroxyl groups excluding tert-OH is 2. The van der Waals surface area contributed by atoms with Crippen LogP contribution in [0.5, 0.6) is 11.5 Å². The van der Waals surface area contributed by atoms with Crippen LogP contribution in [0, 0.1) is 5.92 Å². The lowest BCUT2D eigenvalue weighted by Gasteiger charge is -2.46. The van der Waals surface area contributed by atoms with Crippen molar-refractivity contribution < 1.29 is 44.2 Å². The molecule has 12 heteroatoms. The highest BCUT2D eigenvalue weighted by molar-refractivity contribution is 5.82. The minimum atomic E-state index is -2.27. The summed E-state index contributed by atoms with van der Waals surface area (Å²) in [4.78, 5) is 25.1. The fourth-order valence-electron chi connectivity index (χ4n) is 5.88. The van der Waals surface area contributed by atoms with Gasteiger partial charge in [0, 0.05) is 12.6 Å². The molecule has 0 spiro atoms. The Labute approximate surface area is 283 Å². The first kappa shape index (κ1) is 35.7. The molecule has 7 N–H and O–H groups in total. The smallest absolute Gasteiger partial charge is 0.335 e. The number of rotatable bonds is 15. The molecule has 5 rings (SSSR count). The molecular formula is C37H42N2O10. The van der Waals surface area contributed by atoms with E-state index < -0.39 is 36.2 Å². The van der Waals surface area contributed by atoms with Crippen LogP contribution in [0.3, 0.4) is 0 Å². The van der Waals surface area contributed by atoms with Crippen molar-refractivity contribution in [2.45, 2.75) is 49.5 Å². The van der Waals surface area contributed by atoms with E-state index in [1.54, 1.807) is 12.1 Å². The monoisotopic (exact) mass is 674 g/mol. The Balaban J connectivity index is 1.30. The van der Waals surface area contributed by atoms with Gasteiger partial charge >= 0.3 is 5.97 Å². The van der Waals surface area contributed by atoms with E-state index in [-0.39, 0.29) is 40.0 Å². The standard InChI is InChI=1S/C37H42N2O10/c1-38-18-16-24(9-5-8-23-6-3-2-4-7-23)17-19-39-22-37(46)34(43)32(42)33(35(44)45)49-36(37)48-27-14-15-28-30(20-27)47-21-29(31(28)41)25-10-12-26(40)13-11-25/h2-8,10-15,20-21,24,32-34,36,38-40,42-43,46H,9,16-19,22H2,1H3,(H,44,45)/t24-,32-,33+,34+,36-,37+/m1/s1. The van der Waals surface area contributed by atoms with Crippen molar-refractivity contribution in [2.24, 2.45) is 5.92 Å². The molecule has 1 saturated heterocycles. The van der Waals surface area contributed by atoms with E-state index in [0.717, 1.165) is 31.4 Å². The fourth-order valence-corrected chi connectivity index (χ4v) is 5.88. The van der Waals surface area contributed by atoms with Crippen LogP contribution in [-0.4, -0.2) is 88.4 Å². The molecule has 0 aliphatic carbocycles. The number of benzene rings is 3. The van der Waals surface area contributed by atoms with Gasteiger partial charge in [-0.15, -0.1) is 0 Å². The highest BCUT2D eigenvalue weighted by Gasteiger charge is 2.58. The maximum atomic E-state index is 13.2. The van der Waals surface area contributed by atoms with Crippen LogP contribution in [0.1, 0.15) is 24.8 Å². The second-order valence-electron chi connectivity index (χ2n) is 12.2. The molecule has 0 bridgehead atoms. The number of allylic oxidation sites excluding steroid dienone is 1. The number of fused-ring (bicyclic) bond motifs is 1. The van der Waals surface area contributed by atoms with E-state index in [0.29, 0.717) is 18.0 Å². The summed E-state index contributed by atoms with van der Waals surface area (Å²) < 4.78 is 17.2. The quantitative estimate of drug-likeness (QED) is 0.0914. The molecule has 260 valence electrons. The molecule has 0 unspecified atom stereocenters. The Morgan fingerprint density at radius 2 is 1.78 bits per heavy atom. The molecule has 0 radical (unpaired) electrons. The first-order valence-electron chi connectivity index (χ1n) is 16.2. The molecule has 2 heterocycles. The van der Waals surface area contributed by atoms with Gasteiger partial charge in [0.15, 0.2) is 17.1 Å². The Morgan fingerprint density at radius 3 is 2.49 bits per heavy atom. The van der Waals surface area contributed by atoms with Gasteiger partial charge in [0.1, 0.15) is 35.6 Å². The molecule has 1 aromatic heterocycles. The van der Waals surface area contributed by atoms with Crippen LogP contribution in [0.15, 0.2) is 94.3 Å². The van der Waals surface area contributed by atoms with Crippen LogP contribution < -0.4 is 20.8 Å². The Hall–Kier alpha value is -4.56. The molecule has 0 saturated carbocycles. The topological polar surface area (TPSA) is 191 Å². The number of carbonyl (C=O) groups is 1. The maximum absolute atomic E-state index is 13.2. The molecule has 1 aliphatic heterocycles. The van der Waals surface area contributed by atoms with E-state index >= 15 is 0 Å². The van der Waals surface area contributed by atoms with Crippen molar-refractivity contribution in [1.29, 1.82) is 0 Å². The van der Waals surface area contributed by atoms with Gasteiger partial charge in [0.2, 0.25) is 6.29 Å². The van der Waals surface area contributed by atoms with Crippen LogP contribution in [0.4, 0.5) is 0 Å². The van der Waals surface area contributed by atoms with Crippen LogP contribution in [0.2, 0.25) is 0 Å². The molecule has 12 nitrogen and oxygen atoms in total. The number of hydrogen-bond acceptors (Lipinski definition) is 11. The number of carboxylic acids is 1. The summed E-state index contributed by atoms with van der Waals surface area (Å²) in [5.74, 6) is -1.13. The third kappa shape index (κ3) is 8.54. The van der Waals surface area contributed by atoms with E-state index in [9.17, 15) is 35.1 Å². The summed E-state index contributed by atoms with van der Waals surface area (Å²) in [7, 11) is 1.89. The van der Waals surface area contributed by atoms with E-state index in [2.05, 4.69) is 22.8 Å². The number of phenols is 1. The molecule has 49 heavy (non-hydrogen) atoms. The number of ether oxygens (including phenoxy) is 2. The maximum Gasteiger partial charge on any atom is 0.335 e. The van der Waals surface area contributed by atoms with E-state index in [1.165, 1.54) is 36.6 Å². The normalized spacial score (nSPS) is 23.1. The Bertz CT molecular complexity index is 1780. The number of phenolic OH excluding ortho intramolecular Hbond substituents is 1. The molecular weight excluding hydrogens is 632 g/mol. The van der Waals surface area contributed by atoms with E-state index in [4.69, 9.17) is 13.9 Å². The zero-order valence-corrected chi connectivity index (χ0v) is 27.1. The molecule has 6 atom stereocenters. The molecule has 3 aromatic carbocycles. The second-order valence-corrected chi connectivity index (χ2v) is 12.2. The third-order valence-corrected chi connectivity index (χ3v) is 8.75. The van der Waals surface area contributed by atoms with Gasteiger partial charge in [0.05, 0.1) is 10.9 Å². The zero-order chi connectivity index (χ0) is 35.0. The molecule has 1 aliphatic rings. The molecule has 1 fully saturated rings. The number of aromatic hydroxyl groups is 1. The summed E-state index contributed by atoms with van der Waals surface area (Å²) in [5.41, 5.74) is -0.520. The van der Waals surface area contributed by atoms with Gasteiger partial charge in [-0.05, 0) is 80.7 Å². The minimum absolute atomic E-state index is 0.0549. The number of aliphatic carboxylic acids is 1. The average molecular weight is 675 g/mol. The lowest BCUT2D eigenvalue weighted by atomic mass is 9.86. The predicted octanol–water partition coefficient (Wildman–Crippen LogP) is 3.12. The van der Waals surface area contributed by atoms with Crippen molar-refractivity contribution in [2.75, 3.05) is 26.7 Å². The van der Waals surface area contributed by atoms with Gasteiger partial charge in [-0.25, -0.2) is 4.79 Å². The van der Waals surface area contributed by atoms with Crippen molar-refractivity contribution in [3.05, 3.63) is 101 Å². The second kappa shape index (κ2) is 16.2. The lowest BCUT2D eigenvalue weighted by molar-refractivity contribution is -0.311. The van der Waals surface area contributed by atoms with Crippen molar-refractivity contribution in [3.8, 4) is 22.6 Å². The van der Waals surface area contributed by atoms with Gasteiger partial charge < -0.3 is 50.1 Å². The zero-order valence-electron chi connectivity index (χ0n) is 27.1. The van der Waals surface area contributed by atoms with Gasteiger partial charge in [-0.3, -0.25) is 4.79 Å². The van der Waals surface area contributed by atoms with Gasteiger partial charge in [-0.2, -0.15) is 0 Å². The van der Waals surface area contributed by atoms with Crippen molar-refractivity contribution in [3.63, 3.8) is 0 Å². The highest BCUT2D eigenvalue weighted by Crippen LogP contribution is 2.33. The van der Waals surface area contributed by atoms with Crippen molar-refractivity contribution >= 4 is 23.0 Å². The number of hydrogen-bond donors (Lipinski definition) is 7. The van der Waals surface area contributed by atoms with Crippen LogP contribution in [0.25, 0.3) is 28.2 Å². The minimum Gasteiger partial charge on any atom is -0.508 e. The predicted molar refractivity (Wildman–Crippen MR) is 183 cm³/mol. The van der Waals surface area contributed by atoms with Crippen LogP contribution >= 0.6 is 0 Å². The van der Waals surface area contributed by atoms with Crippen molar-refractivity contribution in [1.82, 2.24) is 10.6 Å². The largest absolute Gasteiger partial charge is 0.508 e. The molecule has 4 aromatic rings. The van der Waals surface area contributed by atoms with Gasteiger partial charge in [-0.1, -0.05) is 54.6 Å². The lowest BCUT2D eigenvalue weighted by Crippen LogP contribution is -2.71. The van der Waals surface area contributed by atoms with E-state index in [1.807, 2.05) is 37.4 Å². The summed E-state index contributed by atoms with van der Waals surface area (Å²) in [6.45, 7) is 0.973. The summed E-state index contributed by atoms with van der Waals surface area (Å²) in [6.07, 6.45) is 0.461. The Kier molecular flexibility index (Phi) is 11.8. The first-order chi connectivity index (χ1) is 23.6. The third-order valence-electron chi connectivity index (χ3n) is 8.75. The molecule has 0 amide bonds. The number of carboxylic acid groups (broad SMARTS) is 1. The van der Waals surface area contributed by atoms with Crippen LogP contribution in [-0.2, 0) is 9.53 Å². The first-order valence-corrected chi connectivity index (χ1v) is 16.2. The number of nitrogens with one attached hydrogen (secondary N) is 2. The Morgan fingerprint density at radius 1 is 1.04 bits per heavy atom. The summed E-state index contributed by atoms with van der Waals surface area (Å²) in [6, 6.07) is 20.4. The summed E-state index contributed by atoms with van der Waals surface area (Å²) in [5, 5.41) is 59.1. The van der Waals surface area contributed by atoms with Gasteiger partial charge in [0.25, 0.3) is 0 Å². The number of aliphatic hydroxyl groups is 3. The highest BCUT2D eigenvalue weighted by atomic mass is 16.7. The SMILES string of the molecule is CNCC[C@@H](CC=Cc1ccccc1)CCNC[C@@]1(O)[C@H](Oc2ccc3c(=O)c(-c4ccc(O)cc4)coc3c2)O[C@H](C(=O)O)[C@@H](O)[C@@H]1O. The fraction of sp³-hybridized carbons (Fsp3) is 0.351.